The average molecular weight is 347 g/mol. The molecule has 0 N–H and O–H groups in total. The number of para-hydroxylation sites is 1. The first kappa shape index (κ1) is 16.7. The Balaban J connectivity index is 1.73. The largest absolute Gasteiger partial charge is 0.379 e. The lowest BCUT2D eigenvalue weighted by molar-refractivity contribution is 0.0140. The van der Waals surface area contributed by atoms with Crippen molar-refractivity contribution in [1.29, 1.82) is 5.26 Å². The van der Waals surface area contributed by atoms with Gasteiger partial charge >= 0.3 is 0 Å². The fourth-order valence-electron chi connectivity index (χ4n) is 3.52. The Hall–Kier alpha value is -2.75. The van der Waals surface area contributed by atoms with Gasteiger partial charge in [0.15, 0.2) is 0 Å². The van der Waals surface area contributed by atoms with E-state index in [0.29, 0.717) is 18.8 Å². The van der Waals surface area contributed by atoms with Gasteiger partial charge in [0.25, 0.3) is 0 Å². The summed E-state index contributed by atoms with van der Waals surface area (Å²) in [6, 6.07) is 18.2. The van der Waals surface area contributed by atoms with Crippen molar-refractivity contribution in [3.8, 4) is 6.07 Å². The number of morpholine rings is 1. The first-order chi connectivity index (χ1) is 12.8. The fourth-order valence-corrected chi connectivity index (χ4v) is 3.52. The van der Waals surface area contributed by atoms with E-state index in [-0.39, 0.29) is 12.2 Å². The molecule has 26 heavy (non-hydrogen) atoms. The Morgan fingerprint density at radius 2 is 1.81 bits per heavy atom. The van der Waals surface area contributed by atoms with E-state index in [1.54, 1.807) is 0 Å². The zero-order chi connectivity index (χ0) is 17.9. The predicted octanol–water partition coefficient (Wildman–Crippen LogP) is 3.45. The molecule has 6 heteroatoms. The molecule has 0 saturated carbocycles. The third kappa shape index (κ3) is 3.07. The van der Waals surface area contributed by atoms with E-state index < -0.39 is 0 Å². The highest BCUT2D eigenvalue weighted by Crippen LogP contribution is 2.38. The smallest absolute Gasteiger partial charge is 0.135 e. The summed E-state index contributed by atoms with van der Waals surface area (Å²) < 4.78 is 5.53. The second-order valence-electron chi connectivity index (χ2n) is 6.60. The molecule has 0 aromatic heterocycles. The lowest BCUT2D eigenvalue weighted by Crippen LogP contribution is -2.51. The summed E-state index contributed by atoms with van der Waals surface area (Å²) >= 11 is 0. The van der Waals surface area contributed by atoms with Crippen molar-refractivity contribution in [2.24, 2.45) is 10.3 Å². The molecular formula is C20H21N5O. The van der Waals surface area contributed by atoms with Crippen LogP contribution < -0.4 is 5.01 Å². The molecule has 6 nitrogen and oxygen atoms in total. The van der Waals surface area contributed by atoms with Crippen LogP contribution in [-0.4, -0.2) is 37.4 Å². The molecule has 4 rings (SSSR count). The second-order valence-corrected chi connectivity index (χ2v) is 6.60. The quantitative estimate of drug-likeness (QED) is 0.853. The summed E-state index contributed by atoms with van der Waals surface area (Å²) in [7, 11) is 0. The van der Waals surface area contributed by atoms with Crippen molar-refractivity contribution < 1.29 is 4.74 Å². The third-order valence-electron chi connectivity index (χ3n) is 4.92. The minimum Gasteiger partial charge on any atom is -0.379 e. The van der Waals surface area contributed by atoms with Crippen LogP contribution in [0.25, 0.3) is 0 Å². The highest BCUT2D eigenvalue weighted by molar-refractivity contribution is 5.60. The monoisotopic (exact) mass is 347 g/mol. The number of hydrogen-bond donors (Lipinski definition) is 0. The lowest BCUT2D eigenvalue weighted by atomic mass is 10.0. The van der Waals surface area contributed by atoms with E-state index in [1.807, 2.05) is 29.3 Å². The normalized spacial score (nSPS) is 23.2. The molecule has 1 saturated heterocycles. The average Bonchev–Trinajstić information content (AvgIpc) is 3.14. The van der Waals surface area contributed by atoms with Gasteiger partial charge in [-0.25, -0.2) is 5.01 Å². The third-order valence-corrected chi connectivity index (χ3v) is 4.92. The van der Waals surface area contributed by atoms with Crippen molar-refractivity contribution in [3.63, 3.8) is 0 Å². The molecule has 2 atom stereocenters. The van der Waals surface area contributed by atoms with Gasteiger partial charge in [-0.3, -0.25) is 4.90 Å². The van der Waals surface area contributed by atoms with E-state index in [0.717, 1.165) is 24.3 Å². The van der Waals surface area contributed by atoms with Crippen LogP contribution in [0.5, 0.6) is 0 Å². The zero-order valence-electron chi connectivity index (χ0n) is 14.7. The van der Waals surface area contributed by atoms with Gasteiger partial charge in [-0.15, -0.1) is 0 Å². The Kier molecular flexibility index (Phi) is 4.65. The molecule has 2 aromatic carbocycles. The zero-order valence-corrected chi connectivity index (χ0v) is 14.7. The molecule has 132 valence electrons. The highest BCUT2D eigenvalue weighted by atomic mass is 16.5. The molecule has 2 aliphatic rings. The van der Waals surface area contributed by atoms with Gasteiger partial charge in [0.2, 0.25) is 0 Å². The highest BCUT2D eigenvalue weighted by Gasteiger charge is 2.40. The number of anilines is 1. The summed E-state index contributed by atoms with van der Waals surface area (Å²) in [6.07, 6.45) is -0.0592. The number of aryl methyl sites for hydroxylation is 1. The molecule has 0 amide bonds. The van der Waals surface area contributed by atoms with Crippen LogP contribution in [0.1, 0.15) is 22.7 Å². The number of benzene rings is 2. The van der Waals surface area contributed by atoms with E-state index in [9.17, 15) is 5.26 Å². The van der Waals surface area contributed by atoms with Gasteiger partial charge in [0.1, 0.15) is 18.3 Å². The van der Waals surface area contributed by atoms with Crippen molar-refractivity contribution >= 4 is 5.69 Å². The molecule has 2 aliphatic heterocycles. The van der Waals surface area contributed by atoms with Crippen molar-refractivity contribution in [3.05, 3.63) is 65.2 Å². The van der Waals surface area contributed by atoms with Gasteiger partial charge in [-0.2, -0.15) is 10.4 Å². The molecule has 0 radical (unpaired) electrons. The van der Waals surface area contributed by atoms with Crippen molar-refractivity contribution in [2.45, 2.75) is 19.1 Å². The Bertz CT molecular complexity index is 836. The van der Waals surface area contributed by atoms with Crippen LogP contribution in [0, 0.1) is 18.3 Å². The lowest BCUT2D eigenvalue weighted by Gasteiger charge is -2.38. The number of ether oxygens (including phenoxy) is 1. The van der Waals surface area contributed by atoms with Crippen LogP contribution in [0.15, 0.2) is 58.9 Å². The van der Waals surface area contributed by atoms with E-state index in [4.69, 9.17) is 4.74 Å². The molecule has 0 spiro atoms. The van der Waals surface area contributed by atoms with Crippen LogP contribution in [0.2, 0.25) is 0 Å². The molecule has 2 heterocycles. The van der Waals surface area contributed by atoms with Crippen LogP contribution >= 0.6 is 0 Å². The number of nitriles is 1. The maximum Gasteiger partial charge on any atom is 0.135 e. The molecular weight excluding hydrogens is 326 g/mol. The van der Waals surface area contributed by atoms with Crippen LogP contribution in [0.3, 0.4) is 0 Å². The topological polar surface area (TPSA) is 64.2 Å². The number of nitrogens with zero attached hydrogens (tertiary/aromatic N) is 5. The standard InChI is InChI=1S/C20H21N5O/c1-15-6-8-16(9-7-15)19-20(24-10-12-26-13-11-24)25(23-22-19)18-5-3-2-4-17(18)14-21/h2-9,19-20H,10-13H2,1H3. The number of hydrogen-bond acceptors (Lipinski definition) is 6. The maximum absolute atomic E-state index is 9.51. The first-order valence-electron chi connectivity index (χ1n) is 8.85. The van der Waals surface area contributed by atoms with Crippen LogP contribution in [0.4, 0.5) is 5.69 Å². The molecule has 0 aliphatic carbocycles. The summed E-state index contributed by atoms with van der Waals surface area (Å²) in [5, 5.41) is 20.5. The summed E-state index contributed by atoms with van der Waals surface area (Å²) in [6.45, 7) is 5.12. The van der Waals surface area contributed by atoms with Crippen molar-refractivity contribution in [2.75, 3.05) is 31.3 Å². The summed E-state index contributed by atoms with van der Waals surface area (Å²) in [5.74, 6) is 0. The second kappa shape index (κ2) is 7.24. The summed E-state index contributed by atoms with van der Waals surface area (Å²) in [5.41, 5.74) is 3.75. The molecule has 0 bridgehead atoms. The maximum atomic E-state index is 9.51. The first-order valence-corrected chi connectivity index (χ1v) is 8.85. The van der Waals surface area contributed by atoms with Gasteiger partial charge in [-0.05, 0) is 24.6 Å². The SMILES string of the molecule is Cc1ccc(C2N=NN(c3ccccc3C#N)C2N2CCOCC2)cc1. The van der Waals surface area contributed by atoms with E-state index in [2.05, 4.69) is 52.5 Å². The van der Waals surface area contributed by atoms with Crippen molar-refractivity contribution in [1.82, 2.24) is 4.90 Å². The van der Waals surface area contributed by atoms with Gasteiger partial charge in [0, 0.05) is 13.1 Å². The Morgan fingerprint density at radius 1 is 1.08 bits per heavy atom. The Morgan fingerprint density at radius 3 is 2.54 bits per heavy atom. The van der Waals surface area contributed by atoms with E-state index in [1.165, 1.54) is 5.56 Å². The molecule has 2 unspecified atom stereocenters. The minimum absolute atomic E-state index is 0.0592. The molecule has 2 aromatic rings. The number of rotatable bonds is 3. The fraction of sp³-hybridized carbons (Fsp3) is 0.350. The predicted molar refractivity (Wildman–Crippen MR) is 98.6 cm³/mol. The van der Waals surface area contributed by atoms with Gasteiger partial charge in [0.05, 0.1) is 24.5 Å². The van der Waals surface area contributed by atoms with Gasteiger partial charge in [-0.1, -0.05) is 47.2 Å². The van der Waals surface area contributed by atoms with Gasteiger partial charge < -0.3 is 4.74 Å². The van der Waals surface area contributed by atoms with E-state index >= 15 is 0 Å². The summed E-state index contributed by atoms with van der Waals surface area (Å²) in [4.78, 5) is 2.35. The van der Waals surface area contributed by atoms with Crippen LogP contribution in [-0.2, 0) is 4.74 Å². The Labute approximate surface area is 153 Å². The molecule has 1 fully saturated rings. The minimum atomic E-state index is -0.0968.